The van der Waals surface area contributed by atoms with Gasteiger partial charge in [-0.2, -0.15) is 0 Å². The molecule has 2 unspecified atom stereocenters. The van der Waals surface area contributed by atoms with E-state index >= 15 is 0 Å². The Morgan fingerprint density at radius 2 is 2.10 bits per heavy atom. The molecule has 10 heavy (non-hydrogen) atoms. The van der Waals surface area contributed by atoms with E-state index in [9.17, 15) is 0 Å². The van der Waals surface area contributed by atoms with Gasteiger partial charge in [-0.3, -0.25) is 0 Å². The van der Waals surface area contributed by atoms with Crippen molar-refractivity contribution < 1.29 is 0 Å². The van der Waals surface area contributed by atoms with Crippen LogP contribution in [0.4, 0.5) is 0 Å². The van der Waals surface area contributed by atoms with Gasteiger partial charge in [0.15, 0.2) is 0 Å². The second kappa shape index (κ2) is 2.39. The molecule has 2 aliphatic rings. The first-order chi connectivity index (χ1) is 4.86. The Bertz CT molecular complexity index is 151. The van der Waals surface area contributed by atoms with E-state index in [1.807, 2.05) is 0 Å². The van der Waals surface area contributed by atoms with Gasteiger partial charge in [0, 0.05) is 0 Å². The van der Waals surface area contributed by atoms with Gasteiger partial charge < -0.3 is 5.32 Å². The normalized spacial score (nSPS) is 39.8. The van der Waals surface area contributed by atoms with Crippen LogP contribution in [0.1, 0.15) is 19.3 Å². The average molecular weight is 137 g/mol. The monoisotopic (exact) mass is 137 g/mol. The highest BCUT2D eigenvalue weighted by molar-refractivity contribution is 5.04. The van der Waals surface area contributed by atoms with E-state index in [-0.39, 0.29) is 0 Å². The molecule has 0 aromatic heterocycles. The molecule has 1 saturated carbocycles. The van der Waals surface area contributed by atoms with Gasteiger partial charge in [-0.1, -0.05) is 12.2 Å². The molecule has 0 aromatic rings. The molecule has 2 rings (SSSR count). The Morgan fingerprint density at radius 3 is 3.00 bits per heavy atom. The maximum absolute atomic E-state index is 4.05. The fourth-order valence-electron chi connectivity index (χ4n) is 2.23. The summed E-state index contributed by atoms with van der Waals surface area (Å²) >= 11 is 0. The Hall–Kier alpha value is -0.300. The van der Waals surface area contributed by atoms with Crippen LogP contribution in [-0.2, 0) is 0 Å². The highest BCUT2D eigenvalue weighted by Crippen LogP contribution is 2.34. The van der Waals surface area contributed by atoms with E-state index in [2.05, 4.69) is 11.9 Å². The lowest BCUT2D eigenvalue weighted by Crippen LogP contribution is -2.17. The molecule has 1 N–H and O–H groups in total. The average Bonchev–Trinajstić information content (AvgIpc) is 2.33. The molecule has 1 aliphatic carbocycles. The molecule has 1 heterocycles. The number of hydrogen-bond donors (Lipinski definition) is 1. The highest BCUT2D eigenvalue weighted by atomic mass is 14.9. The summed E-state index contributed by atoms with van der Waals surface area (Å²) in [6.45, 7) is 6.55. The van der Waals surface area contributed by atoms with Crippen molar-refractivity contribution in [3.8, 4) is 0 Å². The van der Waals surface area contributed by atoms with Crippen LogP contribution in [0, 0.1) is 11.8 Å². The first kappa shape index (κ1) is 6.41. The summed E-state index contributed by atoms with van der Waals surface area (Å²) in [5.41, 5.74) is 1.48. The number of rotatable bonds is 0. The maximum Gasteiger partial charge on any atom is -0.00142 e. The van der Waals surface area contributed by atoms with Gasteiger partial charge in [0.2, 0.25) is 0 Å². The largest absolute Gasteiger partial charge is 0.316 e. The molecule has 0 bridgehead atoms. The van der Waals surface area contributed by atoms with Gasteiger partial charge in [-0.05, 0) is 44.2 Å². The lowest BCUT2D eigenvalue weighted by Gasteiger charge is -2.25. The van der Waals surface area contributed by atoms with Crippen LogP contribution in [0.15, 0.2) is 12.2 Å². The van der Waals surface area contributed by atoms with Gasteiger partial charge in [-0.15, -0.1) is 0 Å². The predicted octanol–water partition coefficient (Wildman–Crippen LogP) is 1.56. The minimum atomic E-state index is 0.932. The van der Waals surface area contributed by atoms with Gasteiger partial charge >= 0.3 is 0 Å². The minimum Gasteiger partial charge on any atom is -0.316 e. The summed E-state index contributed by atoms with van der Waals surface area (Å²) in [5.74, 6) is 1.91. The lowest BCUT2D eigenvalue weighted by molar-refractivity contribution is 0.350. The summed E-state index contributed by atoms with van der Waals surface area (Å²) in [6, 6.07) is 0. The molecule has 1 saturated heterocycles. The van der Waals surface area contributed by atoms with E-state index in [0.29, 0.717) is 0 Å². The Labute approximate surface area is 62.5 Å². The Kier molecular flexibility index (Phi) is 1.53. The van der Waals surface area contributed by atoms with Crippen LogP contribution in [0.5, 0.6) is 0 Å². The van der Waals surface area contributed by atoms with Crippen LogP contribution in [0.3, 0.4) is 0 Å². The third kappa shape index (κ3) is 0.988. The molecule has 0 aromatic carbocycles. The van der Waals surface area contributed by atoms with Crippen molar-refractivity contribution in [3.05, 3.63) is 12.2 Å². The number of nitrogens with one attached hydrogen (secondary N) is 1. The molecule has 2 atom stereocenters. The summed E-state index contributed by atoms with van der Waals surface area (Å²) in [4.78, 5) is 0. The van der Waals surface area contributed by atoms with Crippen molar-refractivity contribution in [2.75, 3.05) is 13.1 Å². The Morgan fingerprint density at radius 1 is 1.30 bits per heavy atom. The minimum absolute atomic E-state index is 0.932. The predicted molar refractivity (Wildman–Crippen MR) is 42.8 cm³/mol. The first-order valence-electron chi connectivity index (χ1n) is 4.23. The summed E-state index contributed by atoms with van der Waals surface area (Å²) < 4.78 is 0. The van der Waals surface area contributed by atoms with Crippen molar-refractivity contribution in [1.82, 2.24) is 5.32 Å². The van der Waals surface area contributed by atoms with Crippen molar-refractivity contribution in [2.45, 2.75) is 19.3 Å². The van der Waals surface area contributed by atoms with Gasteiger partial charge in [-0.25, -0.2) is 0 Å². The second-order valence-electron chi connectivity index (χ2n) is 3.67. The van der Waals surface area contributed by atoms with Crippen molar-refractivity contribution in [3.63, 3.8) is 0 Å². The molecule has 56 valence electrons. The van der Waals surface area contributed by atoms with E-state index in [1.54, 1.807) is 0 Å². The van der Waals surface area contributed by atoms with Crippen LogP contribution >= 0.6 is 0 Å². The molecule has 0 amide bonds. The number of fused-ring (bicyclic) bond motifs is 1. The zero-order valence-corrected chi connectivity index (χ0v) is 6.40. The fourth-order valence-corrected chi connectivity index (χ4v) is 2.23. The molecule has 0 spiro atoms. The smallest absolute Gasteiger partial charge is 0.00142 e. The second-order valence-corrected chi connectivity index (χ2v) is 3.67. The quantitative estimate of drug-likeness (QED) is 0.500. The van der Waals surface area contributed by atoms with Crippen LogP contribution in [0.25, 0.3) is 0 Å². The van der Waals surface area contributed by atoms with E-state index in [0.717, 1.165) is 11.8 Å². The third-order valence-electron chi connectivity index (χ3n) is 2.90. The maximum atomic E-state index is 4.05. The number of hydrogen-bond acceptors (Lipinski definition) is 1. The number of allylic oxidation sites excluding steroid dienone is 1. The van der Waals surface area contributed by atoms with Crippen molar-refractivity contribution in [1.29, 1.82) is 0 Å². The summed E-state index contributed by atoms with van der Waals surface area (Å²) in [6.07, 6.45) is 3.96. The van der Waals surface area contributed by atoms with Crippen LogP contribution < -0.4 is 5.32 Å². The molecule has 1 aliphatic heterocycles. The molecule has 2 fully saturated rings. The molecule has 1 nitrogen and oxygen atoms in total. The van der Waals surface area contributed by atoms with Gasteiger partial charge in [0.05, 0.1) is 0 Å². The van der Waals surface area contributed by atoms with Crippen LogP contribution in [0.2, 0.25) is 0 Å². The first-order valence-corrected chi connectivity index (χ1v) is 4.23. The SMILES string of the molecule is C=C1CCC2CNCC2C1. The van der Waals surface area contributed by atoms with Crippen molar-refractivity contribution >= 4 is 0 Å². The summed E-state index contributed by atoms with van der Waals surface area (Å²) in [7, 11) is 0. The zero-order valence-electron chi connectivity index (χ0n) is 6.40. The lowest BCUT2D eigenvalue weighted by atomic mass is 9.80. The Balaban J connectivity index is 2.03. The standard InChI is InChI=1S/C9H15N/c1-7-2-3-8-5-10-6-9(8)4-7/h8-10H,1-6H2. The van der Waals surface area contributed by atoms with E-state index < -0.39 is 0 Å². The van der Waals surface area contributed by atoms with E-state index in [1.165, 1.54) is 37.9 Å². The topological polar surface area (TPSA) is 12.0 Å². The summed E-state index contributed by atoms with van der Waals surface area (Å²) in [5, 5.41) is 3.44. The third-order valence-corrected chi connectivity index (χ3v) is 2.90. The molecular formula is C9H15N. The van der Waals surface area contributed by atoms with Gasteiger partial charge in [0.25, 0.3) is 0 Å². The van der Waals surface area contributed by atoms with Gasteiger partial charge in [0.1, 0.15) is 0 Å². The molecule has 1 heteroatoms. The molecule has 0 radical (unpaired) electrons. The van der Waals surface area contributed by atoms with E-state index in [4.69, 9.17) is 0 Å². The zero-order chi connectivity index (χ0) is 6.97. The fraction of sp³-hybridized carbons (Fsp3) is 0.778. The van der Waals surface area contributed by atoms with Crippen LogP contribution in [-0.4, -0.2) is 13.1 Å². The van der Waals surface area contributed by atoms with Crippen molar-refractivity contribution in [2.24, 2.45) is 11.8 Å². The highest BCUT2D eigenvalue weighted by Gasteiger charge is 2.30. The molecular weight excluding hydrogens is 122 g/mol.